The number of rotatable bonds is 8. The molecule has 14 nitrogen and oxygen atoms in total. The van der Waals surface area contributed by atoms with Crippen molar-refractivity contribution in [3.63, 3.8) is 0 Å². The highest BCUT2D eigenvalue weighted by atomic mass is 32.1. The van der Waals surface area contributed by atoms with E-state index >= 15 is 0 Å². The Labute approximate surface area is 321 Å². The number of methoxy groups -OCH3 is 2. The second-order valence-electron chi connectivity index (χ2n) is 13.9. The Morgan fingerprint density at radius 1 is 0.722 bits per heavy atom. The molecule has 6 heterocycles. The molecule has 54 heavy (non-hydrogen) atoms. The lowest BCUT2D eigenvalue weighted by Crippen LogP contribution is -2.51. The normalized spacial score (nSPS) is 17.9. The molecule has 4 amide bonds. The van der Waals surface area contributed by atoms with E-state index in [9.17, 15) is 19.2 Å². The summed E-state index contributed by atoms with van der Waals surface area (Å²) in [4.78, 5) is 70.1. The molecular formula is C38H44N8O6S2. The van der Waals surface area contributed by atoms with Crippen LogP contribution in [0.3, 0.4) is 0 Å². The molecule has 4 aromatic heterocycles. The van der Waals surface area contributed by atoms with Crippen molar-refractivity contribution >= 4 is 56.1 Å². The number of imidazole rings is 2. The maximum atomic E-state index is 13.5. The van der Waals surface area contributed by atoms with Crippen molar-refractivity contribution in [2.45, 2.75) is 77.5 Å². The Morgan fingerprint density at radius 3 is 1.50 bits per heavy atom. The highest BCUT2D eigenvalue weighted by molar-refractivity contribution is 7.26. The van der Waals surface area contributed by atoms with Crippen LogP contribution >= 0.6 is 22.7 Å². The molecule has 0 aliphatic carbocycles. The summed E-state index contributed by atoms with van der Waals surface area (Å²) in [5.74, 6) is 13.7. The van der Waals surface area contributed by atoms with Crippen LogP contribution in [0, 0.1) is 35.5 Å². The van der Waals surface area contributed by atoms with Gasteiger partial charge in [-0.1, -0.05) is 39.5 Å². The molecule has 6 rings (SSSR count). The van der Waals surface area contributed by atoms with Crippen LogP contribution in [0.15, 0.2) is 23.2 Å². The number of thiophene rings is 2. The molecule has 2 saturated heterocycles. The lowest BCUT2D eigenvalue weighted by atomic mass is 10.0. The Hall–Kier alpha value is -5.32. The number of fused-ring (bicyclic) bond motifs is 1. The largest absolute Gasteiger partial charge is 0.453 e. The summed E-state index contributed by atoms with van der Waals surface area (Å²) in [6.45, 7) is 8.70. The van der Waals surface area contributed by atoms with Gasteiger partial charge < -0.3 is 39.9 Å². The minimum absolute atomic E-state index is 0.116. The first-order valence-corrected chi connectivity index (χ1v) is 19.7. The molecule has 4 N–H and O–H groups in total. The van der Waals surface area contributed by atoms with Gasteiger partial charge in [0, 0.05) is 23.8 Å². The zero-order chi connectivity index (χ0) is 38.5. The lowest BCUT2D eigenvalue weighted by molar-refractivity contribution is -0.136. The lowest BCUT2D eigenvalue weighted by Gasteiger charge is -2.29. The van der Waals surface area contributed by atoms with Crippen molar-refractivity contribution in [1.29, 1.82) is 0 Å². The van der Waals surface area contributed by atoms with E-state index < -0.39 is 24.3 Å². The molecule has 0 aromatic carbocycles. The van der Waals surface area contributed by atoms with Gasteiger partial charge in [0.25, 0.3) is 0 Å². The van der Waals surface area contributed by atoms with Crippen molar-refractivity contribution < 1.29 is 28.7 Å². The van der Waals surface area contributed by atoms with E-state index in [2.05, 4.69) is 54.3 Å². The van der Waals surface area contributed by atoms with Crippen LogP contribution in [0.4, 0.5) is 9.59 Å². The van der Waals surface area contributed by atoms with Gasteiger partial charge in [-0.05, 0) is 49.4 Å². The van der Waals surface area contributed by atoms with E-state index in [0.717, 1.165) is 46.2 Å². The number of alkyl carbamates (subject to hydrolysis) is 2. The molecule has 0 saturated carbocycles. The summed E-state index contributed by atoms with van der Waals surface area (Å²) >= 11 is 3.17. The first-order valence-electron chi connectivity index (χ1n) is 17.9. The summed E-state index contributed by atoms with van der Waals surface area (Å²) < 4.78 is 11.6. The third-order valence-electron chi connectivity index (χ3n) is 9.63. The number of nitrogens with zero attached hydrogens (tertiary/aromatic N) is 4. The fourth-order valence-electron chi connectivity index (χ4n) is 6.79. The number of aromatic nitrogens is 4. The van der Waals surface area contributed by atoms with E-state index in [1.54, 1.807) is 44.9 Å². The van der Waals surface area contributed by atoms with Gasteiger partial charge in [-0.3, -0.25) is 9.59 Å². The molecular weight excluding hydrogens is 729 g/mol. The second kappa shape index (κ2) is 16.8. The molecule has 2 fully saturated rings. The zero-order valence-corrected chi connectivity index (χ0v) is 32.7. The first-order chi connectivity index (χ1) is 26.0. The van der Waals surface area contributed by atoms with E-state index in [0.29, 0.717) is 36.1 Å². The molecule has 4 aromatic rings. The molecule has 0 radical (unpaired) electrons. The number of carbonyl (C=O) groups excluding carboxylic acids is 4. The van der Waals surface area contributed by atoms with Gasteiger partial charge in [-0.25, -0.2) is 19.6 Å². The average Bonchev–Trinajstić information content (AvgIpc) is 4.00. The monoisotopic (exact) mass is 772 g/mol. The van der Waals surface area contributed by atoms with Gasteiger partial charge in [0.05, 0.1) is 59.2 Å². The number of hydrogen-bond acceptors (Lipinski definition) is 10. The molecule has 4 atom stereocenters. The van der Waals surface area contributed by atoms with E-state index in [1.165, 1.54) is 14.2 Å². The number of aromatic amines is 2. The minimum Gasteiger partial charge on any atom is -0.453 e. The maximum absolute atomic E-state index is 13.5. The Kier molecular flexibility index (Phi) is 11.9. The SMILES string of the molecule is COC(=O)N[C@H](C(=O)N1CCCC1c1ncc(C#Cc2csc3c(C#Cc4cnc(C5CCCN5C(=O)[C@@H](NC(=O)OC)C(C)C)[nH]4)csc23)[nH]1)C(C)C. The number of nitrogens with one attached hydrogen (secondary N) is 4. The fraction of sp³-hybridized carbons (Fsp3) is 0.474. The number of hydrogen-bond donors (Lipinski definition) is 4. The number of likely N-dealkylation sites (tertiary alicyclic amines) is 2. The first kappa shape index (κ1) is 38.4. The van der Waals surface area contributed by atoms with E-state index in [-0.39, 0.29) is 35.7 Å². The average molecular weight is 773 g/mol. The summed E-state index contributed by atoms with van der Waals surface area (Å²) in [7, 11) is 2.56. The van der Waals surface area contributed by atoms with Gasteiger partial charge in [-0.2, -0.15) is 0 Å². The summed E-state index contributed by atoms with van der Waals surface area (Å²) in [6.07, 6.45) is 5.27. The quantitative estimate of drug-likeness (QED) is 0.175. The molecule has 16 heteroatoms. The number of carbonyl (C=O) groups is 4. The highest BCUT2D eigenvalue weighted by Gasteiger charge is 2.38. The van der Waals surface area contributed by atoms with E-state index in [1.807, 2.05) is 38.5 Å². The molecule has 0 spiro atoms. The smallest absolute Gasteiger partial charge is 0.407 e. The minimum atomic E-state index is -0.701. The van der Waals surface area contributed by atoms with Crippen molar-refractivity contribution in [2.24, 2.45) is 11.8 Å². The van der Waals surface area contributed by atoms with Crippen LogP contribution in [-0.2, 0) is 19.1 Å². The number of amides is 4. The molecule has 0 bridgehead atoms. The maximum Gasteiger partial charge on any atom is 0.407 e. The van der Waals surface area contributed by atoms with Crippen LogP contribution < -0.4 is 10.6 Å². The highest BCUT2D eigenvalue weighted by Crippen LogP contribution is 2.35. The molecule has 284 valence electrons. The Balaban J connectivity index is 1.12. The number of ether oxygens (including phenoxy) is 2. The summed E-state index contributed by atoms with van der Waals surface area (Å²) in [5, 5.41) is 9.39. The Morgan fingerprint density at radius 2 is 1.13 bits per heavy atom. The van der Waals surface area contributed by atoms with Crippen LogP contribution in [-0.4, -0.2) is 93.1 Å². The predicted molar refractivity (Wildman–Crippen MR) is 205 cm³/mol. The summed E-state index contributed by atoms with van der Waals surface area (Å²) in [6, 6.07) is -1.88. The summed E-state index contributed by atoms with van der Waals surface area (Å²) in [5.41, 5.74) is 3.08. The topological polar surface area (TPSA) is 175 Å². The van der Waals surface area contributed by atoms with Crippen molar-refractivity contribution in [3.05, 3.63) is 57.3 Å². The standard InChI is InChI=1S/C38H44N8O6S2/c1-21(2)29(43-37(49)51-5)35(47)45-15-7-9-27(45)33-39-17-25(41-33)13-11-23-19-53-32-24(20-54-31(23)32)12-14-26-18-40-34(42-26)28-10-8-16-46(28)36(48)30(22(3)4)44-38(50)52-6/h17-22,27-30H,7-10,15-16H2,1-6H3,(H,39,41)(H,40,42)(H,43,49)(H,44,50)/t27?,28?,29-,30-/m0/s1. The van der Waals surface area contributed by atoms with E-state index in [4.69, 9.17) is 9.47 Å². The van der Waals surface area contributed by atoms with Crippen LogP contribution in [0.25, 0.3) is 9.40 Å². The van der Waals surface area contributed by atoms with Crippen LogP contribution in [0.5, 0.6) is 0 Å². The van der Waals surface area contributed by atoms with Gasteiger partial charge in [0.2, 0.25) is 11.8 Å². The van der Waals surface area contributed by atoms with Gasteiger partial charge in [0.15, 0.2) is 0 Å². The molecule has 2 aliphatic heterocycles. The number of H-pyrrole nitrogens is 2. The van der Waals surface area contributed by atoms with Crippen LogP contribution in [0.1, 0.15) is 99.6 Å². The zero-order valence-electron chi connectivity index (χ0n) is 31.1. The predicted octanol–water partition coefficient (Wildman–Crippen LogP) is 5.30. The van der Waals surface area contributed by atoms with Crippen molar-refractivity contribution in [1.82, 2.24) is 40.4 Å². The third-order valence-corrected chi connectivity index (χ3v) is 11.8. The third kappa shape index (κ3) is 8.25. The van der Waals surface area contributed by atoms with Gasteiger partial charge in [-0.15, -0.1) is 22.7 Å². The van der Waals surface area contributed by atoms with Crippen molar-refractivity contribution in [2.75, 3.05) is 27.3 Å². The fourth-order valence-corrected chi connectivity index (χ4v) is 8.96. The van der Waals surface area contributed by atoms with Crippen LogP contribution in [0.2, 0.25) is 0 Å². The molecule has 2 aliphatic rings. The van der Waals surface area contributed by atoms with Gasteiger partial charge >= 0.3 is 12.2 Å². The second-order valence-corrected chi connectivity index (χ2v) is 15.7. The van der Waals surface area contributed by atoms with Gasteiger partial charge in [0.1, 0.15) is 35.1 Å². The Bertz CT molecular complexity index is 1990. The van der Waals surface area contributed by atoms with Crippen molar-refractivity contribution in [3.8, 4) is 23.7 Å². The molecule has 2 unspecified atom stereocenters.